The predicted molar refractivity (Wildman–Crippen MR) is 93.8 cm³/mol. The Morgan fingerprint density at radius 3 is 2.46 bits per heavy atom. The van der Waals surface area contributed by atoms with Crippen molar-refractivity contribution < 1.29 is 9.59 Å². The SMILES string of the molecule is O=C(CCSc1ccc(Cl)cc1)NNC(=O)Cn1ccccc1=O. The fourth-order valence-electron chi connectivity index (χ4n) is 1.78. The number of amides is 2. The maximum absolute atomic E-state index is 11.7. The Kier molecular flexibility index (Phi) is 6.89. The van der Waals surface area contributed by atoms with Gasteiger partial charge in [0.1, 0.15) is 6.54 Å². The van der Waals surface area contributed by atoms with Gasteiger partial charge in [-0.2, -0.15) is 0 Å². The van der Waals surface area contributed by atoms with E-state index in [2.05, 4.69) is 10.9 Å². The van der Waals surface area contributed by atoms with E-state index < -0.39 is 5.91 Å². The van der Waals surface area contributed by atoms with E-state index in [0.29, 0.717) is 10.8 Å². The zero-order chi connectivity index (χ0) is 17.4. The van der Waals surface area contributed by atoms with Crippen LogP contribution in [0.1, 0.15) is 6.42 Å². The van der Waals surface area contributed by atoms with Crippen molar-refractivity contribution in [3.05, 3.63) is 64.0 Å². The monoisotopic (exact) mass is 365 g/mol. The first-order valence-electron chi connectivity index (χ1n) is 7.16. The highest BCUT2D eigenvalue weighted by Crippen LogP contribution is 2.20. The molecule has 0 saturated heterocycles. The third kappa shape index (κ3) is 6.10. The van der Waals surface area contributed by atoms with Crippen molar-refractivity contribution in [2.45, 2.75) is 17.9 Å². The van der Waals surface area contributed by atoms with Crippen LogP contribution in [-0.4, -0.2) is 22.1 Å². The molecular weight excluding hydrogens is 350 g/mol. The summed E-state index contributed by atoms with van der Waals surface area (Å²) in [6, 6.07) is 11.9. The standard InChI is InChI=1S/C16H16ClN3O3S/c17-12-4-6-13(7-5-12)24-10-8-14(21)18-19-15(22)11-20-9-2-1-3-16(20)23/h1-7,9H,8,10-11H2,(H,18,21)(H,19,22). The van der Waals surface area contributed by atoms with E-state index in [9.17, 15) is 14.4 Å². The van der Waals surface area contributed by atoms with Crippen LogP contribution < -0.4 is 16.4 Å². The second-order valence-electron chi connectivity index (χ2n) is 4.82. The van der Waals surface area contributed by atoms with Gasteiger partial charge in [-0.05, 0) is 30.3 Å². The van der Waals surface area contributed by atoms with E-state index in [4.69, 9.17) is 11.6 Å². The van der Waals surface area contributed by atoms with Gasteiger partial charge in [-0.1, -0.05) is 17.7 Å². The van der Waals surface area contributed by atoms with Crippen LogP contribution in [0.15, 0.2) is 58.4 Å². The van der Waals surface area contributed by atoms with Gasteiger partial charge in [-0.25, -0.2) is 0 Å². The first-order chi connectivity index (χ1) is 11.5. The van der Waals surface area contributed by atoms with Crippen molar-refractivity contribution in [3.63, 3.8) is 0 Å². The molecule has 0 unspecified atom stereocenters. The average Bonchev–Trinajstić information content (AvgIpc) is 2.57. The summed E-state index contributed by atoms with van der Waals surface area (Å²) < 4.78 is 1.25. The van der Waals surface area contributed by atoms with Gasteiger partial charge in [0.25, 0.3) is 11.5 Å². The van der Waals surface area contributed by atoms with Crippen LogP contribution in [0.5, 0.6) is 0 Å². The number of hydrogen-bond acceptors (Lipinski definition) is 4. The lowest BCUT2D eigenvalue weighted by atomic mass is 10.4. The summed E-state index contributed by atoms with van der Waals surface area (Å²) >= 11 is 7.32. The molecule has 2 amide bonds. The van der Waals surface area contributed by atoms with E-state index in [1.54, 1.807) is 24.3 Å². The molecule has 0 atom stereocenters. The summed E-state index contributed by atoms with van der Waals surface area (Å²) in [5.41, 5.74) is 4.34. The molecule has 2 N–H and O–H groups in total. The number of pyridine rings is 1. The zero-order valence-electron chi connectivity index (χ0n) is 12.7. The molecule has 0 saturated carbocycles. The number of rotatable bonds is 6. The molecule has 1 aromatic heterocycles. The van der Waals surface area contributed by atoms with Gasteiger partial charge >= 0.3 is 0 Å². The van der Waals surface area contributed by atoms with Crippen molar-refractivity contribution in [2.75, 3.05) is 5.75 Å². The lowest BCUT2D eigenvalue weighted by molar-refractivity contribution is -0.129. The van der Waals surface area contributed by atoms with Crippen molar-refractivity contribution in [3.8, 4) is 0 Å². The molecule has 0 aliphatic rings. The van der Waals surface area contributed by atoms with Crippen molar-refractivity contribution in [1.29, 1.82) is 0 Å². The molecule has 0 spiro atoms. The topological polar surface area (TPSA) is 80.2 Å². The zero-order valence-corrected chi connectivity index (χ0v) is 14.3. The number of nitrogens with one attached hydrogen (secondary N) is 2. The molecule has 24 heavy (non-hydrogen) atoms. The number of carbonyl (C=O) groups excluding carboxylic acids is 2. The van der Waals surface area contributed by atoms with E-state index >= 15 is 0 Å². The molecule has 1 aromatic carbocycles. The number of aromatic nitrogens is 1. The van der Waals surface area contributed by atoms with Crippen LogP contribution in [0, 0.1) is 0 Å². The second-order valence-corrected chi connectivity index (χ2v) is 6.42. The van der Waals surface area contributed by atoms with Crippen molar-refractivity contribution in [2.24, 2.45) is 0 Å². The summed E-state index contributed by atoms with van der Waals surface area (Å²) in [5, 5.41) is 0.664. The summed E-state index contributed by atoms with van der Waals surface area (Å²) in [4.78, 5) is 35.9. The Morgan fingerprint density at radius 1 is 1.04 bits per heavy atom. The minimum atomic E-state index is -0.470. The number of hydrogen-bond donors (Lipinski definition) is 2. The van der Waals surface area contributed by atoms with Crippen LogP contribution in [-0.2, 0) is 16.1 Å². The average molecular weight is 366 g/mol. The van der Waals surface area contributed by atoms with Crippen molar-refractivity contribution in [1.82, 2.24) is 15.4 Å². The number of thioether (sulfide) groups is 1. The molecule has 2 aromatic rings. The fourth-order valence-corrected chi connectivity index (χ4v) is 2.76. The first-order valence-corrected chi connectivity index (χ1v) is 8.52. The minimum Gasteiger partial charge on any atom is -0.306 e. The van der Waals surface area contributed by atoms with Crippen molar-refractivity contribution >= 4 is 35.2 Å². The van der Waals surface area contributed by atoms with Gasteiger partial charge in [-0.15, -0.1) is 11.8 Å². The van der Waals surface area contributed by atoms with Gasteiger partial charge in [0.2, 0.25) is 5.91 Å². The van der Waals surface area contributed by atoms with E-state index in [1.807, 2.05) is 12.1 Å². The van der Waals surface area contributed by atoms with Crippen LogP contribution in [0.4, 0.5) is 0 Å². The number of benzene rings is 1. The minimum absolute atomic E-state index is 0.153. The Morgan fingerprint density at radius 2 is 1.75 bits per heavy atom. The van der Waals surface area contributed by atoms with Crippen LogP contribution in [0.25, 0.3) is 0 Å². The van der Waals surface area contributed by atoms with Crippen LogP contribution >= 0.6 is 23.4 Å². The molecule has 0 aliphatic heterocycles. The highest BCUT2D eigenvalue weighted by atomic mass is 35.5. The Bertz CT molecular complexity index is 762. The van der Waals surface area contributed by atoms with Gasteiger partial charge in [0.05, 0.1) is 0 Å². The molecule has 0 bridgehead atoms. The maximum atomic E-state index is 11.7. The second kappa shape index (κ2) is 9.14. The molecule has 0 radical (unpaired) electrons. The highest BCUT2D eigenvalue weighted by Gasteiger charge is 2.06. The first kappa shape index (κ1) is 18.1. The molecule has 2 rings (SSSR count). The molecule has 0 aliphatic carbocycles. The molecule has 8 heteroatoms. The van der Waals surface area contributed by atoms with E-state index in [-0.39, 0.29) is 24.4 Å². The number of carbonyl (C=O) groups is 2. The van der Waals surface area contributed by atoms with Gasteiger partial charge in [0, 0.05) is 34.4 Å². The quantitative estimate of drug-likeness (QED) is 0.604. The fraction of sp³-hybridized carbons (Fsp3) is 0.188. The largest absolute Gasteiger partial charge is 0.306 e. The summed E-state index contributed by atoms with van der Waals surface area (Å²) in [7, 11) is 0. The predicted octanol–water partition coefficient (Wildman–Crippen LogP) is 1.83. The highest BCUT2D eigenvalue weighted by molar-refractivity contribution is 7.99. The Hall–Kier alpha value is -2.25. The smallest absolute Gasteiger partial charge is 0.258 e. The normalized spacial score (nSPS) is 10.2. The van der Waals surface area contributed by atoms with Gasteiger partial charge in [-0.3, -0.25) is 25.2 Å². The molecule has 6 nitrogen and oxygen atoms in total. The molecule has 126 valence electrons. The molecule has 1 heterocycles. The third-order valence-electron chi connectivity index (χ3n) is 2.97. The summed E-state index contributed by atoms with van der Waals surface area (Å²) in [6.45, 7) is -0.153. The number of hydrazine groups is 1. The van der Waals surface area contributed by atoms with Crippen LogP contribution in [0.3, 0.4) is 0 Å². The van der Waals surface area contributed by atoms with Gasteiger partial charge in [0.15, 0.2) is 0 Å². The van der Waals surface area contributed by atoms with Crippen LogP contribution in [0.2, 0.25) is 5.02 Å². The maximum Gasteiger partial charge on any atom is 0.258 e. The number of nitrogens with zero attached hydrogens (tertiary/aromatic N) is 1. The summed E-state index contributed by atoms with van der Waals surface area (Å²) in [6.07, 6.45) is 1.76. The number of halogens is 1. The molecule has 0 fully saturated rings. The Labute approximate surface area is 148 Å². The third-order valence-corrected chi connectivity index (χ3v) is 4.23. The van der Waals surface area contributed by atoms with E-state index in [1.165, 1.54) is 28.6 Å². The Balaban J connectivity index is 1.67. The van der Waals surface area contributed by atoms with Gasteiger partial charge < -0.3 is 4.57 Å². The molecular formula is C16H16ClN3O3S. The lowest BCUT2D eigenvalue weighted by Gasteiger charge is -2.08. The summed E-state index contributed by atoms with van der Waals surface area (Å²) in [5.74, 6) is -0.200. The lowest BCUT2D eigenvalue weighted by Crippen LogP contribution is -2.44. The van der Waals surface area contributed by atoms with E-state index in [0.717, 1.165) is 4.90 Å².